The summed E-state index contributed by atoms with van der Waals surface area (Å²) in [5.41, 5.74) is 0. The zero-order valence-corrected chi connectivity index (χ0v) is 14.1. The number of benzene rings is 1. The van der Waals surface area contributed by atoms with Crippen LogP contribution in [0.15, 0.2) is 29.2 Å². The molecule has 0 unspecified atom stereocenters. The molecule has 1 amide bonds. The number of carboxylic acid groups (broad SMARTS) is 1. The Bertz CT molecular complexity index is 843. The fourth-order valence-corrected chi connectivity index (χ4v) is 4.76. The zero-order chi connectivity index (χ0) is 15.9. The molecule has 2 heterocycles. The van der Waals surface area contributed by atoms with Gasteiger partial charge < -0.3 is 5.11 Å². The quantitative estimate of drug-likeness (QED) is 0.658. The van der Waals surface area contributed by atoms with Gasteiger partial charge >= 0.3 is 5.97 Å². The van der Waals surface area contributed by atoms with Gasteiger partial charge in [0.25, 0.3) is 5.91 Å². The van der Waals surface area contributed by atoms with E-state index >= 15 is 0 Å². The number of hydrogen-bond acceptors (Lipinski definition) is 5. The van der Waals surface area contributed by atoms with Crippen LogP contribution in [-0.4, -0.2) is 32.7 Å². The first kappa shape index (κ1) is 15.5. The molecule has 2 aromatic rings. The van der Waals surface area contributed by atoms with Crippen LogP contribution in [0.5, 0.6) is 0 Å². The van der Waals surface area contributed by atoms with Crippen molar-refractivity contribution in [2.45, 2.75) is 0 Å². The van der Waals surface area contributed by atoms with Crippen LogP contribution < -0.4 is 0 Å². The molecule has 1 aliphatic heterocycles. The number of carboxylic acids is 1. The van der Waals surface area contributed by atoms with E-state index in [1.807, 2.05) is 24.3 Å². The Morgan fingerprint density at radius 3 is 2.82 bits per heavy atom. The molecular formula is C14H8ClNO3S3. The first-order valence-corrected chi connectivity index (χ1v) is 8.53. The summed E-state index contributed by atoms with van der Waals surface area (Å²) in [6, 6.07) is 7.70. The van der Waals surface area contributed by atoms with Crippen LogP contribution in [-0.2, 0) is 9.59 Å². The topological polar surface area (TPSA) is 57.6 Å². The molecule has 0 aliphatic carbocycles. The van der Waals surface area contributed by atoms with Crippen LogP contribution in [0.2, 0.25) is 5.02 Å². The molecule has 1 aromatic carbocycles. The molecule has 0 spiro atoms. The van der Waals surface area contributed by atoms with E-state index in [4.69, 9.17) is 28.9 Å². The van der Waals surface area contributed by atoms with Crippen LogP contribution in [0.25, 0.3) is 16.2 Å². The van der Waals surface area contributed by atoms with E-state index in [9.17, 15) is 9.59 Å². The molecule has 1 aromatic heterocycles. The molecular weight excluding hydrogens is 362 g/mol. The maximum Gasteiger partial charge on any atom is 0.323 e. The van der Waals surface area contributed by atoms with E-state index in [0.717, 1.165) is 31.6 Å². The highest BCUT2D eigenvalue weighted by atomic mass is 35.5. The highest BCUT2D eigenvalue weighted by Crippen LogP contribution is 2.39. The van der Waals surface area contributed by atoms with Crippen molar-refractivity contribution in [2.75, 3.05) is 6.54 Å². The van der Waals surface area contributed by atoms with Crippen LogP contribution >= 0.6 is 46.9 Å². The average molecular weight is 370 g/mol. The number of amides is 1. The Morgan fingerprint density at radius 2 is 2.14 bits per heavy atom. The summed E-state index contributed by atoms with van der Waals surface area (Å²) in [6.07, 6.45) is 1.67. The van der Waals surface area contributed by atoms with Crippen molar-refractivity contribution in [1.29, 1.82) is 0 Å². The van der Waals surface area contributed by atoms with E-state index in [1.54, 1.807) is 6.08 Å². The van der Waals surface area contributed by atoms with Gasteiger partial charge in [-0.3, -0.25) is 14.5 Å². The van der Waals surface area contributed by atoms with Gasteiger partial charge in [-0.2, -0.15) is 0 Å². The molecule has 1 N–H and O–H groups in total. The molecule has 4 nitrogen and oxygen atoms in total. The Morgan fingerprint density at radius 1 is 1.41 bits per heavy atom. The number of hydrogen-bond donors (Lipinski definition) is 1. The molecule has 0 saturated carbocycles. The van der Waals surface area contributed by atoms with Gasteiger partial charge in [-0.05, 0) is 12.1 Å². The third kappa shape index (κ3) is 2.77. The fourth-order valence-electron chi connectivity index (χ4n) is 2.02. The van der Waals surface area contributed by atoms with Crippen molar-refractivity contribution < 1.29 is 14.7 Å². The Kier molecular flexibility index (Phi) is 4.22. The van der Waals surface area contributed by atoms with Crippen LogP contribution in [0, 0.1) is 0 Å². The van der Waals surface area contributed by atoms with Crippen molar-refractivity contribution in [1.82, 2.24) is 4.90 Å². The van der Waals surface area contributed by atoms with Gasteiger partial charge in [-0.15, -0.1) is 11.3 Å². The molecule has 1 saturated heterocycles. The van der Waals surface area contributed by atoms with Crippen molar-refractivity contribution >= 4 is 79.3 Å². The second-order valence-electron chi connectivity index (χ2n) is 4.44. The van der Waals surface area contributed by atoms with Crippen molar-refractivity contribution in [2.24, 2.45) is 0 Å². The second-order valence-corrected chi connectivity index (χ2v) is 7.58. The first-order valence-electron chi connectivity index (χ1n) is 6.11. The minimum Gasteiger partial charge on any atom is -0.480 e. The summed E-state index contributed by atoms with van der Waals surface area (Å²) in [5.74, 6) is -1.50. The number of thiophene rings is 1. The van der Waals surface area contributed by atoms with E-state index < -0.39 is 18.4 Å². The molecule has 112 valence electrons. The monoisotopic (exact) mass is 369 g/mol. The number of fused-ring (bicyclic) bond motifs is 1. The molecule has 0 bridgehead atoms. The molecule has 22 heavy (non-hydrogen) atoms. The SMILES string of the molecule is O=C(O)CN1C(=O)C(=Cc2sc3ccccc3c2Cl)SC1=S. The highest BCUT2D eigenvalue weighted by molar-refractivity contribution is 8.26. The summed E-state index contributed by atoms with van der Waals surface area (Å²) in [7, 11) is 0. The van der Waals surface area contributed by atoms with Gasteiger partial charge in [0.15, 0.2) is 0 Å². The van der Waals surface area contributed by atoms with E-state index in [2.05, 4.69) is 0 Å². The molecule has 3 rings (SSSR count). The van der Waals surface area contributed by atoms with Crippen LogP contribution in [0.3, 0.4) is 0 Å². The maximum atomic E-state index is 12.2. The fraction of sp³-hybridized carbons (Fsp3) is 0.0714. The third-order valence-corrected chi connectivity index (χ3v) is 6.00. The van der Waals surface area contributed by atoms with Gasteiger partial charge in [0.05, 0.1) is 9.93 Å². The normalized spacial score (nSPS) is 17.0. The first-order chi connectivity index (χ1) is 10.5. The summed E-state index contributed by atoms with van der Waals surface area (Å²) < 4.78 is 1.27. The predicted octanol–water partition coefficient (Wildman–Crippen LogP) is 3.84. The Balaban J connectivity index is 1.98. The minimum absolute atomic E-state index is 0.246. The molecule has 8 heteroatoms. The standard InChI is InChI=1S/C14H8ClNO3S3/c15-12-7-3-1-2-4-8(7)21-9(12)5-10-13(19)16(6-11(17)18)14(20)22-10/h1-5H,6H2,(H,17,18). The predicted molar refractivity (Wildman–Crippen MR) is 94.3 cm³/mol. The van der Waals surface area contributed by atoms with Crippen molar-refractivity contribution in [3.05, 3.63) is 39.1 Å². The number of thiocarbonyl (C=S) groups is 1. The van der Waals surface area contributed by atoms with Gasteiger partial charge in [-0.1, -0.05) is 53.8 Å². The number of halogens is 1. The maximum absolute atomic E-state index is 12.2. The van der Waals surface area contributed by atoms with Gasteiger partial charge in [0, 0.05) is 15.0 Å². The zero-order valence-electron chi connectivity index (χ0n) is 10.9. The van der Waals surface area contributed by atoms with Crippen molar-refractivity contribution in [3.63, 3.8) is 0 Å². The van der Waals surface area contributed by atoms with Crippen molar-refractivity contribution in [3.8, 4) is 0 Å². The highest BCUT2D eigenvalue weighted by Gasteiger charge is 2.33. The lowest BCUT2D eigenvalue weighted by molar-refractivity contribution is -0.140. The van der Waals surface area contributed by atoms with Crippen LogP contribution in [0.4, 0.5) is 0 Å². The molecule has 1 fully saturated rings. The number of rotatable bonds is 3. The van der Waals surface area contributed by atoms with Gasteiger partial charge in [-0.25, -0.2) is 0 Å². The lowest BCUT2D eigenvalue weighted by Crippen LogP contribution is -2.33. The van der Waals surface area contributed by atoms with E-state index in [1.165, 1.54) is 11.3 Å². The lowest BCUT2D eigenvalue weighted by Gasteiger charge is -2.10. The molecule has 0 atom stereocenters. The number of carbonyl (C=O) groups is 2. The summed E-state index contributed by atoms with van der Waals surface area (Å²) in [4.78, 5) is 25.2. The number of carbonyl (C=O) groups excluding carboxylic acids is 1. The molecule has 1 aliphatic rings. The van der Waals surface area contributed by atoms with Crippen LogP contribution in [0.1, 0.15) is 4.88 Å². The average Bonchev–Trinajstić information content (AvgIpc) is 2.92. The van der Waals surface area contributed by atoms with E-state index in [0.29, 0.717) is 9.93 Å². The minimum atomic E-state index is -1.10. The smallest absolute Gasteiger partial charge is 0.323 e. The number of nitrogens with zero attached hydrogens (tertiary/aromatic N) is 1. The number of aliphatic carboxylic acids is 1. The Labute approximate surface area is 144 Å². The summed E-state index contributed by atoms with van der Waals surface area (Å²) in [5, 5.41) is 10.3. The largest absolute Gasteiger partial charge is 0.480 e. The Hall–Kier alpha value is -1.41. The van der Waals surface area contributed by atoms with Gasteiger partial charge in [0.2, 0.25) is 0 Å². The third-order valence-electron chi connectivity index (χ3n) is 2.99. The molecule has 0 radical (unpaired) electrons. The van der Waals surface area contributed by atoms with E-state index in [-0.39, 0.29) is 4.32 Å². The number of thioether (sulfide) groups is 1. The lowest BCUT2D eigenvalue weighted by atomic mass is 10.2. The second kappa shape index (κ2) is 6.00. The summed E-state index contributed by atoms with van der Waals surface area (Å²) >= 11 is 14.0. The summed E-state index contributed by atoms with van der Waals surface area (Å²) in [6.45, 7) is -0.428. The van der Waals surface area contributed by atoms with Gasteiger partial charge in [0.1, 0.15) is 10.9 Å².